The molecule has 0 bridgehead atoms. The van der Waals surface area contributed by atoms with Crippen LogP contribution in [0.25, 0.3) is 0 Å². The molecule has 0 spiro atoms. The van der Waals surface area contributed by atoms with Crippen LogP contribution in [0.3, 0.4) is 0 Å². The van der Waals surface area contributed by atoms with Gasteiger partial charge in [0.15, 0.2) is 5.82 Å². The van der Waals surface area contributed by atoms with Crippen LogP contribution in [0.4, 0.5) is 0 Å². The molecule has 0 radical (unpaired) electrons. The zero-order valence-electron chi connectivity index (χ0n) is 10.4. The summed E-state index contributed by atoms with van der Waals surface area (Å²) in [6.07, 6.45) is 4.28. The SMILES string of the molecule is CCCc1nc(COCC2CCNCC2)no1. The van der Waals surface area contributed by atoms with Crippen molar-refractivity contribution in [1.29, 1.82) is 0 Å². The number of aryl methyl sites for hydroxylation is 1. The zero-order chi connectivity index (χ0) is 11.9. The Balaban J connectivity index is 1.66. The van der Waals surface area contributed by atoms with Gasteiger partial charge >= 0.3 is 0 Å². The van der Waals surface area contributed by atoms with Crippen molar-refractivity contribution in [1.82, 2.24) is 15.5 Å². The summed E-state index contributed by atoms with van der Waals surface area (Å²) in [6.45, 7) is 5.59. The largest absolute Gasteiger partial charge is 0.373 e. The van der Waals surface area contributed by atoms with Gasteiger partial charge in [0.05, 0.1) is 6.61 Å². The van der Waals surface area contributed by atoms with E-state index in [1.165, 1.54) is 12.8 Å². The lowest BCUT2D eigenvalue weighted by molar-refractivity contribution is 0.0711. The summed E-state index contributed by atoms with van der Waals surface area (Å²) in [7, 11) is 0. The van der Waals surface area contributed by atoms with Crippen LogP contribution >= 0.6 is 0 Å². The van der Waals surface area contributed by atoms with Crippen LogP contribution < -0.4 is 5.32 Å². The lowest BCUT2D eigenvalue weighted by Gasteiger charge is -2.21. The van der Waals surface area contributed by atoms with E-state index in [9.17, 15) is 0 Å². The Hall–Kier alpha value is -0.940. The monoisotopic (exact) mass is 239 g/mol. The van der Waals surface area contributed by atoms with Crippen molar-refractivity contribution < 1.29 is 9.26 Å². The maximum Gasteiger partial charge on any atom is 0.226 e. The van der Waals surface area contributed by atoms with Crippen LogP contribution in [0.5, 0.6) is 0 Å². The maximum absolute atomic E-state index is 5.64. The first kappa shape index (κ1) is 12.5. The van der Waals surface area contributed by atoms with Gasteiger partial charge in [-0.25, -0.2) is 0 Å². The Labute approximate surface area is 102 Å². The number of aromatic nitrogens is 2. The summed E-state index contributed by atoms with van der Waals surface area (Å²) >= 11 is 0. The normalized spacial score (nSPS) is 17.5. The summed E-state index contributed by atoms with van der Waals surface area (Å²) in [5, 5.41) is 7.24. The van der Waals surface area contributed by atoms with Crippen LogP contribution in [0.15, 0.2) is 4.52 Å². The molecule has 1 aromatic rings. The Morgan fingerprint density at radius 1 is 1.41 bits per heavy atom. The van der Waals surface area contributed by atoms with Crippen LogP contribution in [0, 0.1) is 5.92 Å². The molecule has 1 saturated heterocycles. The van der Waals surface area contributed by atoms with E-state index >= 15 is 0 Å². The van der Waals surface area contributed by atoms with Crippen LogP contribution in [-0.4, -0.2) is 29.8 Å². The highest BCUT2D eigenvalue weighted by Gasteiger charge is 2.13. The molecule has 0 saturated carbocycles. The molecule has 0 amide bonds. The van der Waals surface area contributed by atoms with E-state index < -0.39 is 0 Å². The van der Waals surface area contributed by atoms with Gasteiger partial charge in [0.1, 0.15) is 6.61 Å². The summed E-state index contributed by atoms with van der Waals surface area (Å²) in [4.78, 5) is 4.27. The third kappa shape index (κ3) is 4.09. The van der Waals surface area contributed by atoms with Crippen LogP contribution in [-0.2, 0) is 17.8 Å². The minimum atomic E-state index is 0.469. The standard InChI is InChI=1S/C12H21N3O2/c1-2-3-12-14-11(15-17-12)9-16-8-10-4-6-13-7-5-10/h10,13H,2-9H2,1H3. The van der Waals surface area contributed by atoms with Gasteiger partial charge in [-0.3, -0.25) is 0 Å². The van der Waals surface area contributed by atoms with Crippen LogP contribution in [0.1, 0.15) is 37.9 Å². The highest BCUT2D eigenvalue weighted by atomic mass is 16.5. The number of hydrogen-bond donors (Lipinski definition) is 1. The first-order valence-electron chi connectivity index (χ1n) is 6.48. The minimum Gasteiger partial charge on any atom is -0.373 e. The Bertz CT molecular complexity index is 321. The van der Waals surface area contributed by atoms with Gasteiger partial charge in [-0.1, -0.05) is 12.1 Å². The lowest BCUT2D eigenvalue weighted by Crippen LogP contribution is -2.29. The van der Waals surface area contributed by atoms with Gasteiger partial charge < -0.3 is 14.6 Å². The molecule has 17 heavy (non-hydrogen) atoms. The molecular formula is C12H21N3O2. The molecule has 1 aromatic heterocycles. The fourth-order valence-corrected chi connectivity index (χ4v) is 2.03. The van der Waals surface area contributed by atoms with E-state index in [1.54, 1.807) is 0 Å². The van der Waals surface area contributed by atoms with Gasteiger partial charge in [-0.15, -0.1) is 0 Å². The molecule has 5 nitrogen and oxygen atoms in total. The molecule has 1 N–H and O–H groups in total. The fraction of sp³-hybridized carbons (Fsp3) is 0.833. The maximum atomic E-state index is 5.64. The average Bonchev–Trinajstić information content (AvgIpc) is 2.79. The third-order valence-corrected chi connectivity index (χ3v) is 3.02. The second-order valence-corrected chi connectivity index (χ2v) is 4.56. The Morgan fingerprint density at radius 3 is 3.00 bits per heavy atom. The second-order valence-electron chi connectivity index (χ2n) is 4.56. The molecular weight excluding hydrogens is 218 g/mol. The van der Waals surface area contributed by atoms with Crippen molar-refractivity contribution in [3.63, 3.8) is 0 Å². The molecule has 0 aliphatic carbocycles. The first-order valence-corrected chi connectivity index (χ1v) is 6.48. The zero-order valence-corrected chi connectivity index (χ0v) is 10.4. The number of nitrogens with one attached hydrogen (secondary N) is 1. The summed E-state index contributed by atoms with van der Waals surface area (Å²) in [5.74, 6) is 2.06. The van der Waals surface area contributed by atoms with Crippen molar-refractivity contribution in [2.24, 2.45) is 5.92 Å². The molecule has 0 atom stereocenters. The van der Waals surface area contributed by atoms with Gasteiger partial charge in [0, 0.05) is 6.42 Å². The predicted octanol–water partition coefficient (Wildman–Crippen LogP) is 1.54. The van der Waals surface area contributed by atoms with E-state index in [2.05, 4.69) is 22.4 Å². The Morgan fingerprint density at radius 2 is 2.24 bits per heavy atom. The predicted molar refractivity (Wildman–Crippen MR) is 63.5 cm³/mol. The molecule has 0 unspecified atom stereocenters. The quantitative estimate of drug-likeness (QED) is 0.816. The summed E-state index contributed by atoms with van der Waals surface area (Å²) in [5.41, 5.74) is 0. The molecule has 2 rings (SSSR count). The molecule has 1 aliphatic heterocycles. The second kappa shape index (κ2) is 6.71. The van der Waals surface area contributed by atoms with Gasteiger partial charge in [-0.05, 0) is 38.3 Å². The Kier molecular flexibility index (Phi) is 4.94. The van der Waals surface area contributed by atoms with E-state index in [4.69, 9.17) is 9.26 Å². The van der Waals surface area contributed by atoms with E-state index in [-0.39, 0.29) is 0 Å². The minimum absolute atomic E-state index is 0.469. The molecule has 96 valence electrons. The number of piperidine rings is 1. The van der Waals surface area contributed by atoms with Crippen molar-refractivity contribution in [3.05, 3.63) is 11.7 Å². The van der Waals surface area contributed by atoms with Crippen molar-refractivity contribution in [3.8, 4) is 0 Å². The van der Waals surface area contributed by atoms with Gasteiger partial charge in [0.25, 0.3) is 0 Å². The molecule has 0 aromatic carbocycles. The smallest absolute Gasteiger partial charge is 0.226 e. The lowest BCUT2D eigenvalue weighted by atomic mass is 9.99. The highest BCUT2D eigenvalue weighted by Crippen LogP contribution is 2.12. The fourth-order valence-electron chi connectivity index (χ4n) is 2.03. The van der Waals surface area contributed by atoms with Crippen molar-refractivity contribution >= 4 is 0 Å². The molecule has 5 heteroatoms. The number of hydrogen-bond acceptors (Lipinski definition) is 5. The summed E-state index contributed by atoms with van der Waals surface area (Å²) < 4.78 is 10.7. The van der Waals surface area contributed by atoms with Crippen molar-refractivity contribution in [2.45, 2.75) is 39.2 Å². The van der Waals surface area contributed by atoms with Gasteiger partial charge in [-0.2, -0.15) is 4.98 Å². The number of rotatable bonds is 6. The molecule has 2 heterocycles. The third-order valence-electron chi connectivity index (χ3n) is 3.02. The highest BCUT2D eigenvalue weighted by molar-refractivity contribution is 4.84. The van der Waals surface area contributed by atoms with E-state index in [0.29, 0.717) is 24.2 Å². The molecule has 1 aliphatic rings. The number of nitrogens with zero attached hydrogens (tertiary/aromatic N) is 2. The topological polar surface area (TPSA) is 60.2 Å². The van der Waals surface area contributed by atoms with E-state index in [1.807, 2.05) is 0 Å². The van der Waals surface area contributed by atoms with Gasteiger partial charge in [0.2, 0.25) is 5.89 Å². The first-order chi connectivity index (χ1) is 8.38. The molecule has 1 fully saturated rings. The summed E-state index contributed by atoms with van der Waals surface area (Å²) in [6, 6.07) is 0. The van der Waals surface area contributed by atoms with E-state index in [0.717, 1.165) is 32.5 Å². The average molecular weight is 239 g/mol. The van der Waals surface area contributed by atoms with Crippen molar-refractivity contribution in [2.75, 3.05) is 19.7 Å². The number of ether oxygens (including phenoxy) is 1. The van der Waals surface area contributed by atoms with Crippen LogP contribution in [0.2, 0.25) is 0 Å².